The van der Waals surface area contributed by atoms with Crippen LogP contribution in [0.3, 0.4) is 0 Å². The fourth-order valence-electron chi connectivity index (χ4n) is 2.60. The minimum absolute atomic E-state index is 0.167. The monoisotopic (exact) mass is 281 g/mol. The molecular formula is C14H23N3OS. The maximum atomic E-state index is 12.4. The van der Waals surface area contributed by atoms with Crippen molar-refractivity contribution >= 4 is 17.2 Å². The molecule has 1 aromatic rings. The molecule has 1 fully saturated rings. The van der Waals surface area contributed by atoms with Crippen LogP contribution in [0.15, 0.2) is 6.20 Å². The number of hydrogen-bond donors (Lipinski definition) is 1. The van der Waals surface area contributed by atoms with Crippen LogP contribution in [0.4, 0.5) is 0 Å². The van der Waals surface area contributed by atoms with E-state index >= 15 is 0 Å². The van der Waals surface area contributed by atoms with Crippen LogP contribution in [-0.4, -0.2) is 42.5 Å². The predicted octanol–water partition coefficient (Wildman–Crippen LogP) is 2.17. The molecule has 0 saturated carbocycles. The number of hydrogen-bond acceptors (Lipinski definition) is 4. The maximum Gasteiger partial charge on any atom is 0.265 e. The number of rotatable bonds is 5. The second kappa shape index (κ2) is 7.01. The Hall–Kier alpha value is -0.940. The van der Waals surface area contributed by atoms with Gasteiger partial charge < -0.3 is 10.2 Å². The molecule has 1 amide bonds. The third-order valence-corrected chi connectivity index (χ3v) is 4.57. The molecular weight excluding hydrogens is 258 g/mol. The first kappa shape index (κ1) is 14.5. The van der Waals surface area contributed by atoms with Crippen molar-refractivity contribution in [2.24, 2.45) is 5.92 Å². The lowest BCUT2D eigenvalue weighted by molar-refractivity contribution is 0.0679. The number of thiazole rings is 1. The van der Waals surface area contributed by atoms with Crippen LogP contribution in [0, 0.1) is 5.92 Å². The number of carbonyl (C=O) groups excluding carboxylic acids is 1. The smallest absolute Gasteiger partial charge is 0.265 e. The standard InChI is InChI=1S/C14H23N3OS/c1-3-5-13-16-9-12(19-13)14(18)17-7-4-6-11(10-17)8-15-2/h9,11,15H,3-8,10H2,1-2H3. The van der Waals surface area contributed by atoms with Gasteiger partial charge in [-0.1, -0.05) is 6.92 Å². The Morgan fingerprint density at radius 1 is 1.63 bits per heavy atom. The summed E-state index contributed by atoms with van der Waals surface area (Å²) >= 11 is 1.56. The summed E-state index contributed by atoms with van der Waals surface area (Å²) in [6, 6.07) is 0. The van der Waals surface area contributed by atoms with Crippen molar-refractivity contribution < 1.29 is 4.79 Å². The largest absolute Gasteiger partial charge is 0.338 e. The number of amides is 1. The van der Waals surface area contributed by atoms with E-state index in [2.05, 4.69) is 17.2 Å². The number of piperidine rings is 1. The average Bonchev–Trinajstić information content (AvgIpc) is 2.88. The van der Waals surface area contributed by atoms with Gasteiger partial charge in [0, 0.05) is 13.1 Å². The minimum Gasteiger partial charge on any atom is -0.338 e. The molecule has 5 heteroatoms. The Kier molecular flexibility index (Phi) is 5.34. The van der Waals surface area contributed by atoms with Gasteiger partial charge >= 0.3 is 0 Å². The molecule has 1 atom stereocenters. The SMILES string of the molecule is CCCc1ncc(C(=O)N2CCCC(CNC)C2)s1. The zero-order valence-electron chi connectivity index (χ0n) is 11.8. The van der Waals surface area contributed by atoms with Crippen LogP contribution in [0.1, 0.15) is 40.9 Å². The summed E-state index contributed by atoms with van der Waals surface area (Å²) in [7, 11) is 1.97. The second-order valence-corrected chi connectivity index (χ2v) is 6.30. The first-order valence-corrected chi connectivity index (χ1v) is 7.94. The average molecular weight is 281 g/mol. The molecule has 1 unspecified atom stereocenters. The number of nitrogens with one attached hydrogen (secondary N) is 1. The Bertz CT molecular complexity index is 417. The predicted molar refractivity (Wildman–Crippen MR) is 78.7 cm³/mol. The topological polar surface area (TPSA) is 45.2 Å². The van der Waals surface area contributed by atoms with E-state index in [0.29, 0.717) is 5.92 Å². The number of carbonyl (C=O) groups is 1. The Labute approximate surface area is 119 Å². The van der Waals surface area contributed by atoms with Crippen molar-refractivity contribution in [3.05, 3.63) is 16.1 Å². The molecule has 2 rings (SSSR count). The van der Waals surface area contributed by atoms with Crippen molar-refractivity contribution in [2.45, 2.75) is 32.6 Å². The van der Waals surface area contributed by atoms with Crippen LogP contribution in [0.5, 0.6) is 0 Å². The summed E-state index contributed by atoms with van der Waals surface area (Å²) in [4.78, 5) is 19.6. The first-order chi connectivity index (χ1) is 9.24. The van der Waals surface area contributed by atoms with Gasteiger partial charge in [0.15, 0.2) is 0 Å². The van der Waals surface area contributed by atoms with E-state index in [-0.39, 0.29) is 5.91 Å². The van der Waals surface area contributed by atoms with Crippen LogP contribution in [0.25, 0.3) is 0 Å². The fourth-order valence-corrected chi connectivity index (χ4v) is 3.59. The number of likely N-dealkylation sites (tertiary alicyclic amines) is 1. The molecule has 1 saturated heterocycles. The van der Waals surface area contributed by atoms with Crippen molar-refractivity contribution in [1.29, 1.82) is 0 Å². The van der Waals surface area contributed by atoms with E-state index in [1.54, 1.807) is 17.5 Å². The molecule has 1 aromatic heterocycles. The van der Waals surface area contributed by atoms with Gasteiger partial charge in [0.1, 0.15) is 4.88 Å². The number of nitrogens with zero attached hydrogens (tertiary/aromatic N) is 2. The molecule has 4 nitrogen and oxygen atoms in total. The van der Waals surface area contributed by atoms with Gasteiger partial charge in [-0.15, -0.1) is 11.3 Å². The number of aryl methyl sites for hydroxylation is 1. The highest BCUT2D eigenvalue weighted by Gasteiger charge is 2.25. The first-order valence-electron chi connectivity index (χ1n) is 7.13. The highest BCUT2D eigenvalue weighted by atomic mass is 32.1. The fraction of sp³-hybridized carbons (Fsp3) is 0.714. The van der Waals surface area contributed by atoms with Crippen LogP contribution < -0.4 is 5.32 Å². The van der Waals surface area contributed by atoms with Gasteiger partial charge in [0.05, 0.1) is 11.2 Å². The third kappa shape index (κ3) is 3.76. The molecule has 19 heavy (non-hydrogen) atoms. The molecule has 0 radical (unpaired) electrons. The summed E-state index contributed by atoms with van der Waals surface area (Å²) in [5.41, 5.74) is 0. The van der Waals surface area contributed by atoms with E-state index < -0.39 is 0 Å². The zero-order chi connectivity index (χ0) is 13.7. The van der Waals surface area contributed by atoms with E-state index in [9.17, 15) is 4.79 Å². The third-order valence-electron chi connectivity index (χ3n) is 3.53. The summed E-state index contributed by atoms with van der Waals surface area (Å²) in [6.45, 7) is 4.89. The summed E-state index contributed by atoms with van der Waals surface area (Å²) in [6.07, 6.45) is 6.13. The molecule has 0 bridgehead atoms. The van der Waals surface area contributed by atoms with Gasteiger partial charge in [0.25, 0.3) is 5.91 Å². The maximum absolute atomic E-state index is 12.4. The number of aromatic nitrogens is 1. The Morgan fingerprint density at radius 3 is 3.21 bits per heavy atom. The van der Waals surface area contributed by atoms with Crippen LogP contribution in [-0.2, 0) is 6.42 Å². The highest BCUT2D eigenvalue weighted by molar-refractivity contribution is 7.13. The van der Waals surface area contributed by atoms with E-state index in [1.807, 2.05) is 11.9 Å². The second-order valence-electron chi connectivity index (χ2n) is 5.19. The van der Waals surface area contributed by atoms with E-state index in [4.69, 9.17) is 0 Å². The lowest BCUT2D eigenvalue weighted by atomic mass is 9.98. The summed E-state index contributed by atoms with van der Waals surface area (Å²) in [5.74, 6) is 0.756. The molecule has 106 valence electrons. The summed E-state index contributed by atoms with van der Waals surface area (Å²) in [5, 5.41) is 4.29. The molecule has 0 aliphatic carbocycles. The van der Waals surface area contributed by atoms with Gasteiger partial charge in [-0.2, -0.15) is 0 Å². The normalized spacial score (nSPS) is 19.7. The quantitative estimate of drug-likeness (QED) is 0.899. The molecule has 0 spiro atoms. The summed E-state index contributed by atoms with van der Waals surface area (Å²) < 4.78 is 0. The molecule has 0 aromatic carbocycles. The van der Waals surface area contributed by atoms with Crippen LogP contribution in [0.2, 0.25) is 0 Å². The molecule has 1 aliphatic heterocycles. The van der Waals surface area contributed by atoms with Crippen LogP contribution >= 0.6 is 11.3 Å². The Morgan fingerprint density at radius 2 is 2.47 bits per heavy atom. The van der Waals surface area contributed by atoms with Gasteiger partial charge in [-0.25, -0.2) is 4.98 Å². The van der Waals surface area contributed by atoms with Crippen molar-refractivity contribution in [3.8, 4) is 0 Å². The lowest BCUT2D eigenvalue weighted by Crippen LogP contribution is -2.42. The minimum atomic E-state index is 0.167. The van der Waals surface area contributed by atoms with Crippen molar-refractivity contribution in [2.75, 3.05) is 26.7 Å². The highest BCUT2D eigenvalue weighted by Crippen LogP contribution is 2.21. The van der Waals surface area contributed by atoms with Gasteiger partial charge in [-0.3, -0.25) is 4.79 Å². The Balaban J connectivity index is 1.97. The van der Waals surface area contributed by atoms with E-state index in [1.165, 1.54) is 6.42 Å². The van der Waals surface area contributed by atoms with Crippen molar-refractivity contribution in [1.82, 2.24) is 15.2 Å². The van der Waals surface area contributed by atoms with E-state index in [0.717, 1.165) is 48.8 Å². The van der Waals surface area contributed by atoms with Gasteiger partial charge in [0.2, 0.25) is 0 Å². The molecule has 2 heterocycles. The zero-order valence-corrected chi connectivity index (χ0v) is 12.6. The van der Waals surface area contributed by atoms with Crippen molar-refractivity contribution in [3.63, 3.8) is 0 Å². The molecule has 1 N–H and O–H groups in total. The van der Waals surface area contributed by atoms with Gasteiger partial charge in [-0.05, 0) is 45.2 Å². The lowest BCUT2D eigenvalue weighted by Gasteiger charge is -2.32. The molecule has 1 aliphatic rings.